The van der Waals surface area contributed by atoms with E-state index in [-0.39, 0.29) is 0 Å². The number of hydrogen-bond donors (Lipinski definition) is 1. The van der Waals surface area contributed by atoms with E-state index in [2.05, 4.69) is 49.2 Å². The number of nitrogens with one attached hydrogen (secondary N) is 1. The van der Waals surface area contributed by atoms with Gasteiger partial charge in [-0.15, -0.1) is 12.3 Å². The van der Waals surface area contributed by atoms with Crippen molar-refractivity contribution in [3.63, 3.8) is 0 Å². The van der Waals surface area contributed by atoms with E-state index in [0.717, 1.165) is 39.8 Å². The molecule has 0 heterocycles. The summed E-state index contributed by atoms with van der Waals surface area (Å²) in [5, 5.41) is 3.29. The van der Waals surface area contributed by atoms with Crippen LogP contribution < -0.4 is 10.1 Å². The molecule has 1 rings (SSSR count). The Morgan fingerprint density at radius 2 is 2.18 bits per heavy atom. The Morgan fingerprint density at radius 1 is 1.41 bits per heavy atom. The van der Waals surface area contributed by atoms with Gasteiger partial charge in [0.2, 0.25) is 0 Å². The number of rotatable bonds is 6. The van der Waals surface area contributed by atoms with Gasteiger partial charge in [-0.1, -0.05) is 15.9 Å². The first-order chi connectivity index (χ1) is 8.19. The van der Waals surface area contributed by atoms with Crippen LogP contribution in [0.25, 0.3) is 0 Å². The van der Waals surface area contributed by atoms with Crippen LogP contribution in [0.5, 0.6) is 5.75 Å². The zero-order valence-electron chi connectivity index (χ0n) is 9.72. The highest BCUT2D eigenvalue weighted by Gasteiger charge is 2.09. The lowest BCUT2D eigenvalue weighted by Crippen LogP contribution is -2.15. The first-order valence-corrected chi connectivity index (χ1v) is 7.02. The fourth-order valence-corrected chi connectivity index (χ4v) is 2.86. The zero-order valence-corrected chi connectivity index (χ0v) is 12.9. The Bertz CT molecular complexity index is 413. The number of ether oxygens (including phenoxy) is 1. The Labute approximate surface area is 119 Å². The highest BCUT2D eigenvalue weighted by Crippen LogP contribution is 2.32. The van der Waals surface area contributed by atoms with Crippen LogP contribution in [0.2, 0.25) is 0 Å². The van der Waals surface area contributed by atoms with Gasteiger partial charge in [-0.05, 0) is 35.0 Å². The largest absolute Gasteiger partial charge is 0.492 e. The fraction of sp³-hybridized carbons (Fsp3) is 0.385. The fourth-order valence-electron chi connectivity index (χ4n) is 1.43. The Hall–Kier alpha value is -0.500. The monoisotopic (exact) mass is 359 g/mol. The predicted octanol–water partition coefficient (Wildman–Crippen LogP) is 3.72. The molecule has 0 aliphatic rings. The predicted molar refractivity (Wildman–Crippen MR) is 78.2 cm³/mol. The van der Waals surface area contributed by atoms with Crippen LogP contribution in [0.3, 0.4) is 0 Å². The topological polar surface area (TPSA) is 21.3 Å². The van der Waals surface area contributed by atoms with Gasteiger partial charge < -0.3 is 10.1 Å². The van der Waals surface area contributed by atoms with Gasteiger partial charge in [-0.3, -0.25) is 0 Å². The molecule has 0 saturated heterocycles. The van der Waals surface area contributed by atoms with Crippen molar-refractivity contribution in [3.8, 4) is 18.1 Å². The summed E-state index contributed by atoms with van der Waals surface area (Å²) in [5.41, 5.74) is 1.12. The molecular formula is C13H15Br2NO. The van der Waals surface area contributed by atoms with Gasteiger partial charge in [-0.2, -0.15) is 0 Å². The van der Waals surface area contributed by atoms with Crippen molar-refractivity contribution in [2.24, 2.45) is 0 Å². The minimum Gasteiger partial charge on any atom is -0.492 e. The molecule has 0 saturated carbocycles. The Balaban J connectivity index is 2.77. The molecule has 0 aliphatic heterocycles. The van der Waals surface area contributed by atoms with E-state index in [0.29, 0.717) is 6.61 Å². The third-order valence-electron chi connectivity index (χ3n) is 2.14. The molecule has 0 unspecified atom stereocenters. The molecule has 1 N–H and O–H groups in total. The van der Waals surface area contributed by atoms with Crippen LogP contribution >= 0.6 is 31.9 Å². The number of benzene rings is 1. The molecule has 0 aromatic heterocycles. The van der Waals surface area contributed by atoms with Crippen molar-refractivity contribution in [1.29, 1.82) is 0 Å². The van der Waals surface area contributed by atoms with Crippen LogP contribution in [-0.4, -0.2) is 13.2 Å². The lowest BCUT2D eigenvalue weighted by molar-refractivity contribution is 0.333. The van der Waals surface area contributed by atoms with Crippen molar-refractivity contribution in [3.05, 3.63) is 26.6 Å². The summed E-state index contributed by atoms with van der Waals surface area (Å²) in [6.45, 7) is 4.18. The van der Waals surface area contributed by atoms with E-state index < -0.39 is 0 Å². The Morgan fingerprint density at radius 3 is 2.82 bits per heavy atom. The maximum Gasteiger partial charge on any atom is 0.138 e. The van der Waals surface area contributed by atoms with E-state index in [4.69, 9.17) is 11.2 Å². The molecule has 4 heteroatoms. The van der Waals surface area contributed by atoms with Crippen LogP contribution in [0.4, 0.5) is 0 Å². The van der Waals surface area contributed by atoms with E-state index in [1.54, 1.807) is 0 Å². The van der Waals surface area contributed by atoms with Crippen LogP contribution in [0.1, 0.15) is 18.9 Å². The minimum atomic E-state index is 0.650. The van der Waals surface area contributed by atoms with E-state index in [9.17, 15) is 0 Å². The standard InChI is InChI=1S/C13H15Br2NO/c1-3-5-6-16-9-10-7-11(14)8-12(15)13(10)17-4-2/h1,7-8,16H,4-6,9H2,2H3. The second-order valence-electron chi connectivity index (χ2n) is 3.44. The van der Waals surface area contributed by atoms with Crippen molar-refractivity contribution in [2.45, 2.75) is 19.9 Å². The van der Waals surface area contributed by atoms with Crippen LogP contribution in [0, 0.1) is 12.3 Å². The lowest BCUT2D eigenvalue weighted by atomic mass is 10.2. The van der Waals surface area contributed by atoms with Gasteiger partial charge in [0.15, 0.2) is 0 Å². The number of terminal acetylenes is 1. The smallest absolute Gasteiger partial charge is 0.138 e. The molecule has 2 nitrogen and oxygen atoms in total. The summed E-state index contributed by atoms with van der Waals surface area (Å²) in [6.07, 6.45) is 5.94. The van der Waals surface area contributed by atoms with E-state index in [1.807, 2.05) is 13.0 Å². The second kappa shape index (κ2) is 7.75. The van der Waals surface area contributed by atoms with E-state index in [1.165, 1.54) is 0 Å². The Kier molecular flexibility index (Phi) is 6.64. The first-order valence-electron chi connectivity index (χ1n) is 5.44. The molecule has 92 valence electrons. The highest BCUT2D eigenvalue weighted by molar-refractivity contribution is 9.11. The summed E-state index contributed by atoms with van der Waals surface area (Å²) >= 11 is 6.98. The van der Waals surface area contributed by atoms with Gasteiger partial charge in [0.05, 0.1) is 11.1 Å². The lowest BCUT2D eigenvalue weighted by Gasteiger charge is -2.13. The molecule has 17 heavy (non-hydrogen) atoms. The molecule has 0 fully saturated rings. The quantitative estimate of drug-likeness (QED) is 0.616. The van der Waals surface area contributed by atoms with Crippen molar-refractivity contribution in [1.82, 2.24) is 5.32 Å². The van der Waals surface area contributed by atoms with Gasteiger partial charge in [-0.25, -0.2) is 0 Å². The number of halogens is 2. The SMILES string of the molecule is C#CCCNCc1cc(Br)cc(Br)c1OCC. The van der Waals surface area contributed by atoms with Gasteiger partial charge in [0, 0.05) is 29.5 Å². The minimum absolute atomic E-state index is 0.650. The summed E-state index contributed by atoms with van der Waals surface area (Å²) in [4.78, 5) is 0. The zero-order chi connectivity index (χ0) is 12.7. The van der Waals surface area contributed by atoms with Gasteiger partial charge >= 0.3 is 0 Å². The van der Waals surface area contributed by atoms with Crippen molar-refractivity contribution >= 4 is 31.9 Å². The molecule has 0 bridgehead atoms. The maximum absolute atomic E-state index is 5.63. The molecule has 0 radical (unpaired) electrons. The molecule has 1 aromatic rings. The van der Waals surface area contributed by atoms with Gasteiger partial charge in [0.25, 0.3) is 0 Å². The molecule has 0 spiro atoms. The van der Waals surface area contributed by atoms with Crippen LogP contribution in [0.15, 0.2) is 21.1 Å². The van der Waals surface area contributed by atoms with Gasteiger partial charge in [0.1, 0.15) is 5.75 Å². The molecule has 0 amide bonds. The molecule has 1 aromatic carbocycles. The van der Waals surface area contributed by atoms with Crippen molar-refractivity contribution < 1.29 is 4.74 Å². The number of hydrogen-bond acceptors (Lipinski definition) is 2. The van der Waals surface area contributed by atoms with E-state index >= 15 is 0 Å². The summed E-state index contributed by atoms with van der Waals surface area (Å²) < 4.78 is 7.62. The normalized spacial score (nSPS) is 10.0. The summed E-state index contributed by atoms with van der Waals surface area (Å²) in [6, 6.07) is 4.04. The summed E-state index contributed by atoms with van der Waals surface area (Å²) in [5.74, 6) is 3.50. The second-order valence-corrected chi connectivity index (χ2v) is 5.21. The molecule has 0 atom stereocenters. The average molecular weight is 361 g/mol. The summed E-state index contributed by atoms with van der Waals surface area (Å²) in [7, 11) is 0. The third kappa shape index (κ3) is 4.71. The van der Waals surface area contributed by atoms with Crippen molar-refractivity contribution in [2.75, 3.05) is 13.2 Å². The molecular weight excluding hydrogens is 346 g/mol. The molecule has 0 aliphatic carbocycles. The highest BCUT2D eigenvalue weighted by atomic mass is 79.9. The average Bonchev–Trinajstić information content (AvgIpc) is 2.29. The first kappa shape index (κ1) is 14.6. The third-order valence-corrected chi connectivity index (χ3v) is 3.18. The van der Waals surface area contributed by atoms with Crippen LogP contribution in [-0.2, 0) is 6.54 Å². The maximum atomic E-state index is 5.63.